The summed E-state index contributed by atoms with van der Waals surface area (Å²) in [5, 5.41) is 0.724. The molecule has 2 heterocycles. The minimum atomic E-state index is 0.362. The average molecular weight is 322 g/mol. The number of hydrogen-bond donors (Lipinski definition) is 0. The van der Waals surface area contributed by atoms with E-state index in [1.54, 1.807) is 6.07 Å². The van der Waals surface area contributed by atoms with E-state index in [0.29, 0.717) is 28.3 Å². The Balaban J connectivity index is 2.57. The summed E-state index contributed by atoms with van der Waals surface area (Å²) in [7, 11) is 0. The second-order valence-corrected chi connectivity index (χ2v) is 4.63. The van der Waals surface area contributed by atoms with Crippen LogP contribution in [0.2, 0.25) is 10.3 Å². The van der Waals surface area contributed by atoms with E-state index < -0.39 is 0 Å². The fourth-order valence-electron chi connectivity index (χ4n) is 1.28. The van der Waals surface area contributed by atoms with E-state index in [2.05, 4.69) is 25.9 Å². The lowest BCUT2D eigenvalue weighted by molar-refractivity contribution is 0.576. The molecular weight excluding hydrogens is 315 g/mol. The molecule has 0 saturated heterocycles. The number of halogens is 3. The van der Waals surface area contributed by atoms with Crippen molar-refractivity contribution in [2.45, 2.75) is 13.3 Å². The van der Waals surface area contributed by atoms with E-state index >= 15 is 0 Å². The smallest absolute Gasteiger partial charge is 0.199 e. The molecule has 0 aliphatic carbocycles. The Bertz CT molecular complexity index is 504. The van der Waals surface area contributed by atoms with Crippen molar-refractivity contribution < 1.29 is 4.42 Å². The number of aromatic nitrogens is 2. The Hall–Kier alpha value is -0.580. The van der Waals surface area contributed by atoms with Gasteiger partial charge in [0.15, 0.2) is 11.6 Å². The molecule has 0 aliphatic rings. The molecule has 16 heavy (non-hydrogen) atoms. The lowest BCUT2D eigenvalue weighted by Crippen LogP contribution is -1.96. The van der Waals surface area contributed by atoms with Gasteiger partial charge in [0.05, 0.1) is 10.7 Å². The monoisotopic (exact) mass is 320 g/mol. The van der Waals surface area contributed by atoms with Gasteiger partial charge < -0.3 is 4.42 Å². The van der Waals surface area contributed by atoms with Gasteiger partial charge in [0, 0.05) is 5.56 Å². The molecule has 0 atom stereocenters. The average Bonchev–Trinajstić information content (AvgIpc) is 2.64. The fourth-order valence-corrected chi connectivity index (χ4v) is 2.31. The van der Waals surface area contributed by atoms with E-state index in [4.69, 9.17) is 27.6 Å². The van der Waals surface area contributed by atoms with E-state index in [1.165, 1.54) is 6.26 Å². The number of hydrogen-bond acceptors (Lipinski definition) is 3. The molecule has 0 unspecified atom stereocenters. The molecule has 2 rings (SSSR count). The summed E-state index contributed by atoms with van der Waals surface area (Å²) in [6, 6.07) is 1.76. The minimum absolute atomic E-state index is 0.362. The first kappa shape index (κ1) is 11.9. The lowest BCUT2D eigenvalue weighted by Gasteiger charge is -2.04. The van der Waals surface area contributed by atoms with Gasteiger partial charge in [-0.05, 0) is 28.4 Å². The maximum absolute atomic E-state index is 6.01. The van der Waals surface area contributed by atoms with Crippen molar-refractivity contribution in [1.82, 2.24) is 9.97 Å². The zero-order valence-corrected chi connectivity index (χ0v) is 11.4. The summed E-state index contributed by atoms with van der Waals surface area (Å²) in [5.41, 5.74) is 0.745. The predicted molar refractivity (Wildman–Crippen MR) is 66.8 cm³/mol. The van der Waals surface area contributed by atoms with Crippen molar-refractivity contribution in [2.24, 2.45) is 0 Å². The van der Waals surface area contributed by atoms with Crippen LogP contribution in [0.15, 0.2) is 21.2 Å². The highest BCUT2D eigenvalue weighted by atomic mass is 79.9. The van der Waals surface area contributed by atoms with Crippen molar-refractivity contribution in [3.05, 3.63) is 32.7 Å². The molecule has 0 N–H and O–H groups in total. The van der Waals surface area contributed by atoms with Crippen LogP contribution in [-0.4, -0.2) is 9.97 Å². The molecule has 0 amide bonds. The molecule has 0 fully saturated rings. The molecule has 3 nitrogen and oxygen atoms in total. The highest BCUT2D eigenvalue weighted by Gasteiger charge is 2.15. The highest BCUT2D eigenvalue weighted by molar-refractivity contribution is 9.10. The molecule has 2 aromatic rings. The molecule has 84 valence electrons. The van der Waals surface area contributed by atoms with Crippen LogP contribution in [0.5, 0.6) is 0 Å². The Morgan fingerprint density at radius 2 is 1.94 bits per heavy atom. The quantitative estimate of drug-likeness (QED) is 0.771. The standard InChI is InChI=1S/C10H7BrCl2N2O/c1-2-5-8(12)14-10(15-9(5)13)7-6(11)3-4-16-7/h3-4H,2H2,1H3. The maximum atomic E-state index is 6.01. The van der Waals surface area contributed by atoms with Crippen LogP contribution < -0.4 is 0 Å². The van der Waals surface area contributed by atoms with Crippen LogP contribution in [0.4, 0.5) is 0 Å². The van der Waals surface area contributed by atoms with E-state index in [1.807, 2.05) is 6.92 Å². The van der Waals surface area contributed by atoms with Gasteiger partial charge in [0.25, 0.3) is 0 Å². The Morgan fingerprint density at radius 1 is 1.31 bits per heavy atom. The summed E-state index contributed by atoms with van der Waals surface area (Å²) in [4.78, 5) is 8.31. The summed E-state index contributed by atoms with van der Waals surface area (Å²) in [6.07, 6.45) is 2.23. The van der Waals surface area contributed by atoms with Gasteiger partial charge >= 0.3 is 0 Å². The second kappa shape index (κ2) is 4.73. The maximum Gasteiger partial charge on any atom is 0.199 e. The molecule has 0 aliphatic heterocycles. The van der Waals surface area contributed by atoms with Crippen LogP contribution >= 0.6 is 39.1 Å². The zero-order valence-electron chi connectivity index (χ0n) is 8.30. The number of rotatable bonds is 2. The van der Waals surface area contributed by atoms with Crippen LogP contribution in [0.25, 0.3) is 11.6 Å². The van der Waals surface area contributed by atoms with Crippen LogP contribution in [0.1, 0.15) is 12.5 Å². The van der Waals surface area contributed by atoms with Gasteiger partial charge in [-0.1, -0.05) is 30.1 Å². The first-order chi connectivity index (χ1) is 7.63. The van der Waals surface area contributed by atoms with Crippen molar-refractivity contribution in [2.75, 3.05) is 0 Å². The molecule has 0 radical (unpaired) electrons. The van der Waals surface area contributed by atoms with Gasteiger partial charge in [-0.25, -0.2) is 9.97 Å². The zero-order chi connectivity index (χ0) is 11.7. The minimum Gasteiger partial charge on any atom is -0.460 e. The third kappa shape index (κ3) is 2.10. The number of nitrogens with zero attached hydrogens (tertiary/aromatic N) is 2. The molecule has 6 heteroatoms. The van der Waals surface area contributed by atoms with E-state index in [0.717, 1.165) is 10.0 Å². The second-order valence-electron chi connectivity index (χ2n) is 3.06. The molecule has 0 spiro atoms. The summed E-state index contributed by atoms with van der Waals surface area (Å²) >= 11 is 15.4. The summed E-state index contributed by atoms with van der Waals surface area (Å²) in [5.74, 6) is 0.899. The topological polar surface area (TPSA) is 38.9 Å². The Labute approximate surface area is 111 Å². The van der Waals surface area contributed by atoms with Crippen molar-refractivity contribution in [3.8, 4) is 11.6 Å². The van der Waals surface area contributed by atoms with Crippen LogP contribution in [0.3, 0.4) is 0 Å². The molecule has 0 aromatic carbocycles. The van der Waals surface area contributed by atoms with Gasteiger partial charge in [0.2, 0.25) is 0 Å². The molecular formula is C10H7BrCl2N2O. The SMILES string of the molecule is CCc1c(Cl)nc(-c2occc2Br)nc1Cl. The molecule has 0 saturated carbocycles. The first-order valence-corrected chi connectivity index (χ1v) is 6.13. The Morgan fingerprint density at radius 3 is 2.38 bits per heavy atom. The van der Waals surface area contributed by atoms with Crippen LogP contribution in [-0.2, 0) is 6.42 Å². The number of furan rings is 1. The van der Waals surface area contributed by atoms with Crippen molar-refractivity contribution in [1.29, 1.82) is 0 Å². The van der Waals surface area contributed by atoms with Gasteiger partial charge in [-0.3, -0.25) is 0 Å². The van der Waals surface area contributed by atoms with Crippen molar-refractivity contribution in [3.63, 3.8) is 0 Å². The predicted octanol–water partition coefficient (Wildman–Crippen LogP) is 4.37. The third-order valence-electron chi connectivity index (χ3n) is 2.08. The fraction of sp³-hybridized carbons (Fsp3) is 0.200. The Kier molecular flexibility index (Phi) is 3.52. The van der Waals surface area contributed by atoms with E-state index in [-0.39, 0.29) is 0 Å². The van der Waals surface area contributed by atoms with Gasteiger partial charge in [0.1, 0.15) is 10.3 Å². The van der Waals surface area contributed by atoms with Gasteiger partial charge in [-0.2, -0.15) is 0 Å². The van der Waals surface area contributed by atoms with Gasteiger partial charge in [-0.15, -0.1) is 0 Å². The lowest BCUT2D eigenvalue weighted by atomic mass is 10.2. The normalized spacial score (nSPS) is 10.8. The largest absolute Gasteiger partial charge is 0.460 e. The highest BCUT2D eigenvalue weighted by Crippen LogP contribution is 2.30. The molecule has 2 aromatic heterocycles. The summed E-state index contributed by atoms with van der Waals surface area (Å²) < 4.78 is 6.01. The van der Waals surface area contributed by atoms with Crippen LogP contribution in [0, 0.1) is 0 Å². The summed E-state index contributed by atoms with van der Waals surface area (Å²) in [6.45, 7) is 1.94. The third-order valence-corrected chi connectivity index (χ3v) is 3.33. The first-order valence-electron chi connectivity index (χ1n) is 4.58. The molecule has 0 bridgehead atoms. The van der Waals surface area contributed by atoms with Crippen molar-refractivity contribution >= 4 is 39.1 Å². The van der Waals surface area contributed by atoms with E-state index in [9.17, 15) is 0 Å².